The zero-order chi connectivity index (χ0) is 13.0. The summed E-state index contributed by atoms with van der Waals surface area (Å²) in [4.78, 5) is 0. The van der Waals surface area contributed by atoms with Crippen LogP contribution in [0, 0.1) is 0 Å². The van der Waals surface area contributed by atoms with Crippen molar-refractivity contribution in [3.63, 3.8) is 0 Å². The average Bonchev–Trinajstić information content (AvgIpc) is 2.87. The van der Waals surface area contributed by atoms with Crippen molar-refractivity contribution in [2.45, 2.75) is 13.8 Å². The second kappa shape index (κ2) is 6.38. The van der Waals surface area contributed by atoms with E-state index in [4.69, 9.17) is 9.47 Å². The van der Waals surface area contributed by atoms with Gasteiger partial charge in [-0.15, -0.1) is 11.8 Å². The Morgan fingerprint density at radius 1 is 1.28 bits per heavy atom. The lowest BCUT2D eigenvalue weighted by Crippen LogP contribution is -2.09. The van der Waals surface area contributed by atoms with Crippen molar-refractivity contribution >= 4 is 33.4 Å². The number of hydrogen-bond acceptors (Lipinski definition) is 4. The van der Waals surface area contributed by atoms with Crippen LogP contribution in [-0.2, 0) is 0 Å². The summed E-state index contributed by atoms with van der Waals surface area (Å²) in [6.07, 6.45) is 0. The first-order chi connectivity index (χ1) is 8.77. The highest BCUT2D eigenvalue weighted by molar-refractivity contribution is 9.10. The summed E-state index contributed by atoms with van der Waals surface area (Å²) < 4.78 is 12.4. The van der Waals surface area contributed by atoms with Crippen LogP contribution in [0.5, 0.6) is 11.5 Å². The Morgan fingerprint density at radius 2 is 2.06 bits per heavy atom. The van der Waals surface area contributed by atoms with E-state index in [0.29, 0.717) is 13.2 Å². The Bertz CT molecular complexity index is 463. The summed E-state index contributed by atoms with van der Waals surface area (Å²) in [5.74, 6) is 2.58. The summed E-state index contributed by atoms with van der Waals surface area (Å²) in [7, 11) is 0. The molecule has 1 aliphatic rings. The third-order valence-corrected chi connectivity index (χ3v) is 3.81. The Morgan fingerprint density at radius 3 is 2.67 bits per heavy atom. The van der Waals surface area contributed by atoms with Gasteiger partial charge in [-0.1, -0.05) is 0 Å². The molecule has 0 spiro atoms. The number of thioether (sulfide) groups is 1. The maximum atomic E-state index is 5.75. The summed E-state index contributed by atoms with van der Waals surface area (Å²) in [6, 6.07) is 3.93. The molecule has 1 aromatic carbocycles. The molecule has 2 rings (SSSR count). The van der Waals surface area contributed by atoms with E-state index in [1.165, 1.54) is 0 Å². The highest BCUT2D eigenvalue weighted by Gasteiger charge is 2.20. The fourth-order valence-electron chi connectivity index (χ4n) is 1.79. The lowest BCUT2D eigenvalue weighted by molar-refractivity contribution is 0.319. The lowest BCUT2D eigenvalue weighted by Gasteiger charge is -2.17. The van der Waals surface area contributed by atoms with Crippen molar-refractivity contribution in [1.29, 1.82) is 0 Å². The van der Waals surface area contributed by atoms with Crippen LogP contribution in [-0.4, -0.2) is 19.1 Å². The minimum atomic E-state index is 0.627. The third kappa shape index (κ3) is 2.78. The predicted molar refractivity (Wildman–Crippen MR) is 80.1 cm³/mol. The standard InChI is InChI=1S/C13H16BrNO2S/c1-3-16-11-6-5-9(14)13(17-4-2)12(11)10-7-18-8-15-10/h5-7,15H,3-4,8H2,1-2H3. The van der Waals surface area contributed by atoms with Crippen LogP contribution < -0.4 is 14.8 Å². The first-order valence-corrected chi connectivity index (χ1v) is 7.76. The molecule has 1 aliphatic heterocycles. The molecule has 0 bridgehead atoms. The molecule has 0 radical (unpaired) electrons. The summed E-state index contributed by atoms with van der Waals surface area (Å²) >= 11 is 5.28. The van der Waals surface area contributed by atoms with Gasteiger partial charge in [-0.3, -0.25) is 0 Å². The van der Waals surface area contributed by atoms with Gasteiger partial charge in [0.05, 0.1) is 34.8 Å². The average molecular weight is 330 g/mol. The van der Waals surface area contributed by atoms with Crippen molar-refractivity contribution in [3.05, 3.63) is 27.6 Å². The Balaban J connectivity index is 2.51. The minimum absolute atomic E-state index is 0.627. The first kappa shape index (κ1) is 13.6. The molecule has 98 valence electrons. The first-order valence-electron chi connectivity index (χ1n) is 5.92. The maximum Gasteiger partial charge on any atom is 0.146 e. The zero-order valence-electron chi connectivity index (χ0n) is 10.5. The van der Waals surface area contributed by atoms with Crippen LogP contribution in [0.3, 0.4) is 0 Å². The summed E-state index contributed by atoms with van der Waals surface area (Å²) in [5.41, 5.74) is 2.06. The van der Waals surface area contributed by atoms with E-state index in [2.05, 4.69) is 26.7 Å². The minimum Gasteiger partial charge on any atom is -0.493 e. The number of hydrogen-bond donors (Lipinski definition) is 1. The van der Waals surface area contributed by atoms with Gasteiger partial charge in [0.15, 0.2) is 0 Å². The van der Waals surface area contributed by atoms with Crippen molar-refractivity contribution < 1.29 is 9.47 Å². The van der Waals surface area contributed by atoms with E-state index in [-0.39, 0.29) is 0 Å². The molecule has 0 aromatic heterocycles. The number of benzene rings is 1. The van der Waals surface area contributed by atoms with E-state index in [1.54, 1.807) is 11.8 Å². The Kier molecular flexibility index (Phi) is 4.83. The van der Waals surface area contributed by atoms with Crippen molar-refractivity contribution in [3.8, 4) is 11.5 Å². The molecule has 0 atom stereocenters. The SMILES string of the molecule is CCOc1ccc(Br)c(OCC)c1C1=CSCN1. The molecule has 0 aliphatic carbocycles. The molecule has 0 unspecified atom stereocenters. The maximum absolute atomic E-state index is 5.75. The van der Waals surface area contributed by atoms with Gasteiger partial charge in [-0.2, -0.15) is 0 Å². The summed E-state index contributed by atoms with van der Waals surface area (Å²) in [5, 5.41) is 5.44. The van der Waals surface area contributed by atoms with Gasteiger partial charge in [0.25, 0.3) is 0 Å². The second-order valence-corrected chi connectivity index (χ2v) is 5.35. The van der Waals surface area contributed by atoms with Gasteiger partial charge < -0.3 is 14.8 Å². The molecule has 0 fully saturated rings. The fourth-order valence-corrected chi connectivity index (χ4v) is 2.92. The largest absolute Gasteiger partial charge is 0.493 e. The Hall–Kier alpha value is -0.810. The van der Waals surface area contributed by atoms with Gasteiger partial charge in [0.2, 0.25) is 0 Å². The van der Waals surface area contributed by atoms with E-state index in [1.807, 2.05) is 26.0 Å². The smallest absolute Gasteiger partial charge is 0.146 e. The fraction of sp³-hybridized carbons (Fsp3) is 0.385. The third-order valence-electron chi connectivity index (χ3n) is 2.48. The van der Waals surface area contributed by atoms with Crippen molar-refractivity contribution in [2.75, 3.05) is 19.1 Å². The lowest BCUT2D eigenvalue weighted by atomic mass is 10.1. The number of halogens is 1. The van der Waals surface area contributed by atoms with Crippen LogP contribution in [0.25, 0.3) is 5.70 Å². The molecule has 5 heteroatoms. The number of rotatable bonds is 5. The van der Waals surface area contributed by atoms with Gasteiger partial charge in [0, 0.05) is 0 Å². The van der Waals surface area contributed by atoms with Crippen LogP contribution in [0.2, 0.25) is 0 Å². The molecule has 0 saturated heterocycles. The van der Waals surface area contributed by atoms with E-state index in [0.717, 1.165) is 33.1 Å². The molecule has 0 saturated carbocycles. The highest BCUT2D eigenvalue weighted by Crippen LogP contribution is 2.41. The Labute approximate surface area is 120 Å². The van der Waals surface area contributed by atoms with Crippen LogP contribution in [0.1, 0.15) is 19.4 Å². The summed E-state index contributed by atoms with van der Waals surface area (Å²) in [6.45, 7) is 5.23. The van der Waals surface area contributed by atoms with Gasteiger partial charge >= 0.3 is 0 Å². The molecular formula is C13H16BrNO2S. The van der Waals surface area contributed by atoms with E-state index in [9.17, 15) is 0 Å². The highest BCUT2D eigenvalue weighted by atomic mass is 79.9. The van der Waals surface area contributed by atoms with Gasteiger partial charge in [-0.25, -0.2) is 0 Å². The van der Waals surface area contributed by atoms with Gasteiger partial charge in [0.1, 0.15) is 11.5 Å². The number of ether oxygens (including phenoxy) is 2. The van der Waals surface area contributed by atoms with Crippen molar-refractivity contribution in [2.24, 2.45) is 0 Å². The predicted octanol–water partition coefficient (Wildman–Crippen LogP) is 3.84. The van der Waals surface area contributed by atoms with Crippen LogP contribution in [0.15, 0.2) is 22.0 Å². The monoisotopic (exact) mass is 329 g/mol. The normalized spacial score (nSPS) is 14.1. The molecular weight excluding hydrogens is 314 g/mol. The molecule has 1 heterocycles. The van der Waals surface area contributed by atoms with Crippen molar-refractivity contribution in [1.82, 2.24) is 5.32 Å². The van der Waals surface area contributed by atoms with Crippen LogP contribution >= 0.6 is 27.7 Å². The van der Waals surface area contributed by atoms with Gasteiger partial charge in [-0.05, 0) is 47.3 Å². The van der Waals surface area contributed by atoms with Crippen LogP contribution in [0.4, 0.5) is 0 Å². The molecule has 18 heavy (non-hydrogen) atoms. The van der Waals surface area contributed by atoms with E-state index < -0.39 is 0 Å². The molecule has 0 amide bonds. The van der Waals surface area contributed by atoms with E-state index >= 15 is 0 Å². The quantitative estimate of drug-likeness (QED) is 0.889. The zero-order valence-corrected chi connectivity index (χ0v) is 12.9. The molecule has 1 N–H and O–H groups in total. The molecule has 1 aromatic rings. The topological polar surface area (TPSA) is 30.5 Å². The second-order valence-electron chi connectivity index (χ2n) is 3.63. The number of nitrogens with one attached hydrogen (secondary N) is 1. The molecule has 3 nitrogen and oxygen atoms in total.